The molecule has 2 aromatic rings. The lowest BCUT2D eigenvalue weighted by Crippen LogP contribution is -2.43. The van der Waals surface area contributed by atoms with Crippen molar-refractivity contribution < 1.29 is 4.42 Å². The summed E-state index contributed by atoms with van der Waals surface area (Å²) in [6.07, 6.45) is 6.93. The van der Waals surface area contributed by atoms with E-state index in [1.54, 1.807) is 11.8 Å². The molecule has 0 aliphatic heterocycles. The molecule has 0 amide bonds. The number of benzene rings is 1. The van der Waals surface area contributed by atoms with Gasteiger partial charge in [0, 0.05) is 10.9 Å². The molecule has 2 aliphatic carbocycles. The molecular formula is C18H21NO. The van der Waals surface area contributed by atoms with Crippen LogP contribution in [0.5, 0.6) is 0 Å². The summed E-state index contributed by atoms with van der Waals surface area (Å²) < 4.78 is 5.59. The van der Waals surface area contributed by atoms with E-state index in [2.05, 4.69) is 37.5 Å². The Kier molecular flexibility index (Phi) is 2.58. The third-order valence-corrected chi connectivity index (χ3v) is 5.34. The number of hydrogen-bond acceptors (Lipinski definition) is 2. The Morgan fingerprint density at radius 3 is 3.05 bits per heavy atom. The molecule has 1 N–H and O–H groups in total. The van der Waals surface area contributed by atoms with Crippen LogP contribution in [-0.4, -0.2) is 12.6 Å². The second kappa shape index (κ2) is 4.23. The third-order valence-electron chi connectivity index (χ3n) is 5.34. The summed E-state index contributed by atoms with van der Waals surface area (Å²) in [6, 6.07) is 8.68. The standard InChI is InChI=1S/C18H21NO/c1-12-9-13-5-7-18(11-13,19-2)17(12)15-4-3-14-6-8-20-16(14)10-15/h3-4,6,8,10,13,19H,5,7,9,11H2,1-2H3. The van der Waals surface area contributed by atoms with Crippen molar-refractivity contribution in [1.82, 2.24) is 5.32 Å². The summed E-state index contributed by atoms with van der Waals surface area (Å²) in [6.45, 7) is 2.31. The number of furan rings is 1. The van der Waals surface area contributed by atoms with Gasteiger partial charge in [0.15, 0.2) is 0 Å². The van der Waals surface area contributed by atoms with Gasteiger partial charge in [0.05, 0.1) is 6.26 Å². The fourth-order valence-corrected chi connectivity index (χ4v) is 4.48. The molecule has 2 heteroatoms. The van der Waals surface area contributed by atoms with Crippen molar-refractivity contribution in [3.05, 3.63) is 41.7 Å². The molecule has 2 aliphatic rings. The molecule has 2 bridgehead atoms. The molecule has 0 spiro atoms. The maximum absolute atomic E-state index is 5.59. The van der Waals surface area contributed by atoms with Crippen molar-refractivity contribution in [2.24, 2.45) is 5.92 Å². The molecule has 2 nitrogen and oxygen atoms in total. The highest BCUT2D eigenvalue weighted by Crippen LogP contribution is 2.51. The zero-order valence-electron chi connectivity index (χ0n) is 12.2. The van der Waals surface area contributed by atoms with Gasteiger partial charge in [0.1, 0.15) is 5.58 Å². The SMILES string of the molecule is CNC12CCC(CC(C)=C1c1ccc3ccoc3c1)C2. The maximum Gasteiger partial charge on any atom is 0.134 e. The maximum atomic E-state index is 5.59. The molecule has 1 fully saturated rings. The van der Waals surface area contributed by atoms with Gasteiger partial charge in [-0.3, -0.25) is 0 Å². The van der Waals surface area contributed by atoms with E-state index >= 15 is 0 Å². The molecule has 2 atom stereocenters. The summed E-state index contributed by atoms with van der Waals surface area (Å²) in [5.41, 5.74) is 5.59. The first-order valence-corrected chi connectivity index (χ1v) is 7.59. The molecule has 0 radical (unpaired) electrons. The van der Waals surface area contributed by atoms with Crippen molar-refractivity contribution in [3.8, 4) is 0 Å². The van der Waals surface area contributed by atoms with Crippen LogP contribution in [0, 0.1) is 5.92 Å². The van der Waals surface area contributed by atoms with Crippen molar-refractivity contribution in [3.63, 3.8) is 0 Å². The molecule has 1 aromatic heterocycles. The fraction of sp³-hybridized carbons (Fsp3) is 0.444. The minimum atomic E-state index is 0.188. The topological polar surface area (TPSA) is 25.2 Å². The predicted molar refractivity (Wildman–Crippen MR) is 82.6 cm³/mol. The zero-order chi connectivity index (χ0) is 13.7. The number of hydrogen-bond donors (Lipinski definition) is 1. The first-order valence-electron chi connectivity index (χ1n) is 7.59. The highest BCUT2D eigenvalue weighted by atomic mass is 16.3. The average Bonchev–Trinajstić information content (AvgIpc) is 3.04. The molecular weight excluding hydrogens is 246 g/mol. The third kappa shape index (κ3) is 1.61. The van der Waals surface area contributed by atoms with Gasteiger partial charge >= 0.3 is 0 Å². The lowest BCUT2D eigenvalue weighted by Gasteiger charge is -2.37. The molecule has 4 rings (SSSR count). The zero-order valence-corrected chi connectivity index (χ0v) is 12.2. The molecule has 1 heterocycles. The van der Waals surface area contributed by atoms with Gasteiger partial charge in [0.25, 0.3) is 0 Å². The van der Waals surface area contributed by atoms with Crippen LogP contribution >= 0.6 is 0 Å². The summed E-state index contributed by atoms with van der Waals surface area (Å²) in [4.78, 5) is 0. The average molecular weight is 267 g/mol. The lowest BCUT2D eigenvalue weighted by atomic mass is 9.75. The Morgan fingerprint density at radius 1 is 1.30 bits per heavy atom. The van der Waals surface area contributed by atoms with Crippen molar-refractivity contribution in [1.29, 1.82) is 0 Å². The Hall–Kier alpha value is -1.54. The van der Waals surface area contributed by atoms with Gasteiger partial charge in [-0.05, 0) is 68.8 Å². The Bertz CT molecular complexity index is 696. The first kappa shape index (κ1) is 12.2. The summed E-state index contributed by atoms with van der Waals surface area (Å²) >= 11 is 0. The number of fused-ring (bicyclic) bond motifs is 3. The Balaban J connectivity index is 1.89. The van der Waals surface area contributed by atoms with Crippen LogP contribution in [0.2, 0.25) is 0 Å². The van der Waals surface area contributed by atoms with E-state index in [0.717, 1.165) is 11.5 Å². The van der Waals surface area contributed by atoms with Crippen molar-refractivity contribution in [2.45, 2.75) is 38.1 Å². The molecule has 20 heavy (non-hydrogen) atoms. The minimum Gasteiger partial charge on any atom is -0.464 e. The molecule has 1 aromatic carbocycles. The number of likely N-dealkylation sites (N-methyl/N-ethyl adjacent to an activating group) is 1. The van der Waals surface area contributed by atoms with E-state index in [9.17, 15) is 0 Å². The van der Waals surface area contributed by atoms with E-state index in [-0.39, 0.29) is 5.54 Å². The van der Waals surface area contributed by atoms with Crippen LogP contribution in [0.25, 0.3) is 16.5 Å². The van der Waals surface area contributed by atoms with Crippen molar-refractivity contribution >= 4 is 16.5 Å². The predicted octanol–water partition coefficient (Wildman–Crippen LogP) is 4.37. The monoisotopic (exact) mass is 267 g/mol. The second-order valence-corrected chi connectivity index (χ2v) is 6.47. The van der Waals surface area contributed by atoms with Gasteiger partial charge < -0.3 is 9.73 Å². The molecule has 104 valence electrons. The number of rotatable bonds is 2. The summed E-state index contributed by atoms with van der Waals surface area (Å²) in [5.74, 6) is 0.874. The van der Waals surface area contributed by atoms with Gasteiger partial charge in [-0.15, -0.1) is 0 Å². The van der Waals surface area contributed by atoms with Crippen LogP contribution in [0.4, 0.5) is 0 Å². The smallest absolute Gasteiger partial charge is 0.134 e. The molecule has 1 saturated carbocycles. The first-order chi connectivity index (χ1) is 9.72. The van der Waals surface area contributed by atoms with Crippen LogP contribution in [0.3, 0.4) is 0 Å². The summed E-state index contributed by atoms with van der Waals surface area (Å²) in [7, 11) is 2.12. The van der Waals surface area contributed by atoms with Gasteiger partial charge in [-0.2, -0.15) is 0 Å². The lowest BCUT2D eigenvalue weighted by molar-refractivity contribution is 0.415. The van der Waals surface area contributed by atoms with E-state index in [4.69, 9.17) is 4.42 Å². The highest BCUT2D eigenvalue weighted by molar-refractivity contribution is 5.85. The molecule has 2 unspecified atom stereocenters. The second-order valence-electron chi connectivity index (χ2n) is 6.47. The van der Waals surface area contributed by atoms with E-state index in [0.29, 0.717) is 0 Å². The molecule has 0 saturated heterocycles. The minimum absolute atomic E-state index is 0.188. The fourth-order valence-electron chi connectivity index (χ4n) is 4.48. The van der Waals surface area contributed by atoms with Crippen molar-refractivity contribution in [2.75, 3.05) is 7.05 Å². The van der Waals surface area contributed by atoms with E-state index in [1.807, 2.05) is 6.07 Å². The Morgan fingerprint density at radius 2 is 2.20 bits per heavy atom. The van der Waals surface area contributed by atoms with Gasteiger partial charge in [-0.25, -0.2) is 0 Å². The van der Waals surface area contributed by atoms with Crippen LogP contribution in [0.15, 0.2) is 40.5 Å². The highest BCUT2D eigenvalue weighted by Gasteiger charge is 2.45. The van der Waals surface area contributed by atoms with Crippen LogP contribution < -0.4 is 5.32 Å². The van der Waals surface area contributed by atoms with Gasteiger partial charge in [-0.1, -0.05) is 17.7 Å². The number of nitrogens with one attached hydrogen (secondary N) is 1. The largest absolute Gasteiger partial charge is 0.464 e. The van der Waals surface area contributed by atoms with Gasteiger partial charge in [0.2, 0.25) is 0 Å². The van der Waals surface area contributed by atoms with E-state index in [1.165, 1.54) is 42.2 Å². The Labute approximate surface area is 119 Å². The normalized spacial score (nSPS) is 29.4. The van der Waals surface area contributed by atoms with Crippen LogP contribution in [-0.2, 0) is 0 Å². The summed E-state index contributed by atoms with van der Waals surface area (Å²) in [5, 5.41) is 4.83. The quantitative estimate of drug-likeness (QED) is 0.874. The van der Waals surface area contributed by atoms with Crippen LogP contribution in [0.1, 0.15) is 38.2 Å². The number of allylic oxidation sites excluding steroid dienone is 1. The van der Waals surface area contributed by atoms with E-state index < -0.39 is 0 Å².